The standard InChI is InChI=1S/C55H40N2/c1-39-16-6-5-15-33-56(49-35-46(41-19-9-3-10-20-41)34-47(36-49)42-21-11-4-12-22-42)53-32-28-44(37-52(39)53)45-27-31-51-50-23-13-14-24-54(50)57(55(51)38-45)48-29-25-43(26-30-48)40-17-7-2-8-18-40/h2-32,34-38H,1,33H2/b15-5-,16-6-. The average Bonchev–Trinajstić information content (AvgIpc) is 3.65. The minimum atomic E-state index is 0.714. The summed E-state index contributed by atoms with van der Waals surface area (Å²) in [4.78, 5) is 2.42. The molecule has 57 heavy (non-hydrogen) atoms. The van der Waals surface area contributed by atoms with E-state index in [1.54, 1.807) is 0 Å². The maximum Gasteiger partial charge on any atom is 0.0547 e. The van der Waals surface area contributed by atoms with Crippen LogP contribution in [0.2, 0.25) is 0 Å². The molecule has 0 bridgehead atoms. The second-order valence-electron chi connectivity index (χ2n) is 14.7. The number of fused-ring (bicyclic) bond motifs is 4. The van der Waals surface area contributed by atoms with Crippen LogP contribution in [0.1, 0.15) is 5.56 Å². The summed E-state index contributed by atoms with van der Waals surface area (Å²) < 4.78 is 2.40. The van der Waals surface area contributed by atoms with Crippen LogP contribution in [-0.4, -0.2) is 11.1 Å². The van der Waals surface area contributed by atoms with Crippen molar-refractivity contribution in [1.82, 2.24) is 4.57 Å². The molecule has 2 heteroatoms. The summed E-state index contributed by atoms with van der Waals surface area (Å²) in [5, 5.41) is 2.48. The first-order chi connectivity index (χ1) is 28.2. The maximum atomic E-state index is 4.60. The van der Waals surface area contributed by atoms with Gasteiger partial charge in [0.2, 0.25) is 0 Å². The molecule has 8 aromatic carbocycles. The van der Waals surface area contributed by atoms with Crippen molar-refractivity contribution in [2.45, 2.75) is 0 Å². The zero-order valence-corrected chi connectivity index (χ0v) is 31.6. The van der Waals surface area contributed by atoms with Gasteiger partial charge >= 0.3 is 0 Å². The van der Waals surface area contributed by atoms with E-state index < -0.39 is 0 Å². The predicted molar refractivity (Wildman–Crippen MR) is 243 cm³/mol. The summed E-state index contributed by atoms with van der Waals surface area (Å²) in [7, 11) is 0. The molecule has 1 aromatic heterocycles. The molecule has 270 valence electrons. The first-order valence-electron chi connectivity index (χ1n) is 19.6. The van der Waals surface area contributed by atoms with Gasteiger partial charge in [0, 0.05) is 39.9 Å². The van der Waals surface area contributed by atoms with Crippen LogP contribution in [0.25, 0.3) is 77.6 Å². The average molecular weight is 729 g/mol. The first kappa shape index (κ1) is 34.1. The summed E-state index contributed by atoms with van der Waals surface area (Å²) in [5.41, 5.74) is 17.3. The Bertz CT molecular complexity index is 2910. The van der Waals surface area contributed by atoms with Crippen molar-refractivity contribution in [3.63, 3.8) is 0 Å². The number of hydrogen-bond acceptors (Lipinski definition) is 1. The van der Waals surface area contributed by atoms with Crippen molar-refractivity contribution in [3.8, 4) is 50.2 Å². The number of aromatic nitrogens is 1. The van der Waals surface area contributed by atoms with Crippen molar-refractivity contribution in [2.75, 3.05) is 11.4 Å². The lowest BCUT2D eigenvalue weighted by molar-refractivity contribution is 1.09. The molecule has 9 aromatic rings. The highest BCUT2D eigenvalue weighted by Crippen LogP contribution is 2.41. The van der Waals surface area contributed by atoms with Gasteiger partial charge in [-0.25, -0.2) is 0 Å². The molecule has 0 amide bonds. The lowest BCUT2D eigenvalue weighted by Crippen LogP contribution is -2.18. The summed E-state index contributed by atoms with van der Waals surface area (Å²) in [5.74, 6) is 0. The van der Waals surface area contributed by atoms with Gasteiger partial charge in [-0.05, 0) is 105 Å². The fourth-order valence-electron chi connectivity index (χ4n) is 8.28. The highest BCUT2D eigenvalue weighted by molar-refractivity contribution is 6.10. The molecule has 1 aliphatic rings. The Kier molecular flexibility index (Phi) is 8.78. The number of nitrogens with zero attached hydrogens (tertiary/aromatic N) is 2. The van der Waals surface area contributed by atoms with Gasteiger partial charge in [0.25, 0.3) is 0 Å². The van der Waals surface area contributed by atoms with Crippen LogP contribution < -0.4 is 4.90 Å². The molecule has 0 aliphatic carbocycles. The molecule has 0 fully saturated rings. The Morgan fingerprint density at radius 3 is 1.61 bits per heavy atom. The van der Waals surface area contributed by atoms with Crippen LogP contribution >= 0.6 is 0 Å². The van der Waals surface area contributed by atoms with E-state index in [0.717, 1.165) is 39.3 Å². The molecular formula is C55H40N2. The van der Waals surface area contributed by atoms with E-state index in [0.29, 0.717) is 6.54 Å². The lowest BCUT2D eigenvalue weighted by atomic mass is 9.95. The van der Waals surface area contributed by atoms with Gasteiger partial charge in [0.1, 0.15) is 0 Å². The minimum absolute atomic E-state index is 0.714. The molecule has 0 saturated heterocycles. The molecule has 10 rings (SSSR count). The predicted octanol–water partition coefficient (Wildman–Crippen LogP) is 14.7. The van der Waals surface area contributed by atoms with E-state index in [1.807, 2.05) is 0 Å². The second kappa shape index (κ2) is 14.7. The molecule has 1 aliphatic heterocycles. The fourth-order valence-corrected chi connectivity index (χ4v) is 8.28. The number of allylic oxidation sites excluding steroid dienone is 4. The van der Waals surface area contributed by atoms with E-state index >= 15 is 0 Å². The zero-order valence-electron chi connectivity index (χ0n) is 31.6. The number of rotatable bonds is 6. The van der Waals surface area contributed by atoms with Gasteiger partial charge in [0.05, 0.1) is 11.0 Å². The Morgan fingerprint density at radius 2 is 0.930 bits per heavy atom. The van der Waals surface area contributed by atoms with E-state index in [1.165, 1.54) is 55.2 Å². The van der Waals surface area contributed by atoms with Crippen molar-refractivity contribution < 1.29 is 0 Å². The minimum Gasteiger partial charge on any atom is -0.337 e. The molecule has 0 saturated carbocycles. The smallest absolute Gasteiger partial charge is 0.0547 e. The first-order valence-corrected chi connectivity index (χ1v) is 19.6. The largest absolute Gasteiger partial charge is 0.337 e. The van der Waals surface area contributed by atoms with Gasteiger partial charge in [-0.2, -0.15) is 0 Å². The van der Waals surface area contributed by atoms with Crippen LogP contribution in [0.4, 0.5) is 11.4 Å². The zero-order chi connectivity index (χ0) is 38.1. The van der Waals surface area contributed by atoms with E-state index in [2.05, 4.69) is 234 Å². The van der Waals surface area contributed by atoms with E-state index in [4.69, 9.17) is 0 Å². The lowest BCUT2D eigenvalue weighted by Gasteiger charge is -2.28. The highest BCUT2D eigenvalue weighted by Gasteiger charge is 2.19. The molecular weight excluding hydrogens is 689 g/mol. The molecule has 0 N–H and O–H groups in total. The van der Waals surface area contributed by atoms with E-state index in [-0.39, 0.29) is 0 Å². The molecule has 0 radical (unpaired) electrons. The molecule has 2 heterocycles. The van der Waals surface area contributed by atoms with Crippen LogP contribution in [0.15, 0.2) is 225 Å². The Labute approximate surface area is 334 Å². The third kappa shape index (κ3) is 6.48. The van der Waals surface area contributed by atoms with Gasteiger partial charge in [-0.15, -0.1) is 0 Å². The number of hydrogen-bond donors (Lipinski definition) is 0. The summed E-state index contributed by atoms with van der Waals surface area (Å²) in [6, 6.07) is 70.3. The monoisotopic (exact) mass is 728 g/mol. The second-order valence-corrected chi connectivity index (χ2v) is 14.7. The van der Waals surface area contributed by atoms with Crippen LogP contribution in [-0.2, 0) is 0 Å². The van der Waals surface area contributed by atoms with Gasteiger partial charge in [0.15, 0.2) is 0 Å². The quantitative estimate of drug-likeness (QED) is 0.165. The topological polar surface area (TPSA) is 8.17 Å². The summed E-state index contributed by atoms with van der Waals surface area (Å²) in [6.45, 7) is 5.32. The Morgan fingerprint density at radius 1 is 0.386 bits per heavy atom. The highest BCUT2D eigenvalue weighted by atomic mass is 15.1. The molecule has 0 atom stereocenters. The molecule has 0 spiro atoms. The van der Waals surface area contributed by atoms with Crippen molar-refractivity contribution in [3.05, 3.63) is 231 Å². The van der Waals surface area contributed by atoms with Crippen molar-refractivity contribution in [1.29, 1.82) is 0 Å². The molecule has 2 nitrogen and oxygen atoms in total. The number of para-hydroxylation sites is 1. The normalized spacial score (nSPS) is 13.8. The van der Waals surface area contributed by atoms with Crippen molar-refractivity contribution >= 4 is 38.8 Å². The fraction of sp³-hybridized carbons (Fsp3) is 0.0182. The number of anilines is 2. The van der Waals surface area contributed by atoms with Crippen LogP contribution in [0.5, 0.6) is 0 Å². The Hall–Kier alpha value is -7.42. The third-order valence-electron chi connectivity index (χ3n) is 11.1. The van der Waals surface area contributed by atoms with Gasteiger partial charge < -0.3 is 9.47 Å². The van der Waals surface area contributed by atoms with Crippen LogP contribution in [0, 0.1) is 0 Å². The van der Waals surface area contributed by atoms with Gasteiger partial charge in [-0.1, -0.05) is 170 Å². The summed E-state index contributed by atoms with van der Waals surface area (Å²) in [6.07, 6.45) is 8.58. The maximum absolute atomic E-state index is 4.60. The van der Waals surface area contributed by atoms with Crippen molar-refractivity contribution in [2.24, 2.45) is 0 Å². The SMILES string of the molecule is C=C1/C=C\C=C/CN(c2cc(-c3ccccc3)cc(-c3ccccc3)c2)c2ccc(-c3ccc4c5ccccc5n(-c5ccc(-c6ccccc6)cc5)c4c3)cc21. The van der Waals surface area contributed by atoms with Crippen LogP contribution in [0.3, 0.4) is 0 Å². The third-order valence-corrected chi connectivity index (χ3v) is 11.1. The van der Waals surface area contributed by atoms with E-state index in [9.17, 15) is 0 Å². The van der Waals surface area contributed by atoms with Gasteiger partial charge in [-0.3, -0.25) is 0 Å². The Balaban J connectivity index is 1.10. The molecule has 0 unspecified atom stereocenters. The number of benzene rings is 8. The summed E-state index contributed by atoms with van der Waals surface area (Å²) >= 11 is 0.